The van der Waals surface area contributed by atoms with Crippen LogP contribution in [-0.2, 0) is 17.6 Å². The van der Waals surface area contributed by atoms with Gasteiger partial charge in [-0.1, -0.05) is 0 Å². The SMILES string of the molecule is O=C(CCNC(=O)c1ccoc1)NNC(=O)c1cc2c(s1)CCC2. The number of carbonyl (C=O) groups excluding carboxylic acids is 3. The standard InChI is InChI=1S/C16H17N3O4S/c20-14(4-6-17-15(21)11-5-7-23-9-11)18-19-16(22)13-8-10-2-1-3-12(10)24-13/h5,7-9H,1-4,6H2,(H,17,21)(H,18,20)(H,19,22). The second kappa shape index (κ2) is 7.31. The summed E-state index contributed by atoms with van der Waals surface area (Å²) >= 11 is 1.47. The number of hydrogen-bond donors (Lipinski definition) is 3. The molecule has 0 unspecified atom stereocenters. The number of aryl methyl sites for hydroxylation is 2. The van der Waals surface area contributed by atoms with E-state index in [0.717, 1.165) is 19.3 Å². The molecule has 2 aromatic heterocycles. The van der Waals surface area contributed by atoms with Gasteiger partial charge in [-0.3, -0.25) is 25.2 Å². The molecule has 1 aliphatic carbocycles. The zero-order valence-electron chi connectivity index (χ0n) is 12.9. The van der Waals surface area contributed by atoms with E-state index in [4.69, 9.17) is 4.42 Å². The Bertz CT molecular complexity index is 730. The lowest BCUT2D eigenvalue weighted by Crippen LogP contribution is -2.42. The number of amides is 3. The average molecular weight is 347 g/mol. The lowest BCUT2D eigenvalue weighted by molar-refractivity contribution is -0.121. The summed E-state index contributed by atoms with van der Waals surface area (Å²) in [6, 6.07) is 3.42. The number of furan rings is 1. The Morgan fingerprint density at radius 1 is 1.17 bits per heavy atom. The number of nitrogens with one attached hydrogen (secondary N) is 3. The summed E-state index contributed by atoms with van der Waals surface area (Å²) in [6.07, 6.45) is 5.97. The summed E-state index contributed by atoms with van der Waals surface area (Å²) in [4.78, 5) is 37.2. The van der Waals surface area contributed by atoms with Gasteiger partial charge in [0.15, 0.2) is 0 Å². The zero-order chi connectivity index (χ0) is 16.9. The Labute approximate surface area is 142 Å². The maximum absolute atomic E-state index is 12.0. The fourth-order valence-electron chi connectivity index (χ4n) is 2.48. The first-order chi connectivity index (χ1) is 11.6. The quantitative estimate of drug-likeness (QED) is 0.712. The van der Waals surface area contributed by atoms with Crippen molar-refractivity contribution in [3.63, 3.8) is 0 Å². The van der Waals surface area contributed by atoms with Crippen LogP contribution in [0.15, 0.2) is 29.1 Å². The van der Waals surface area contributed by atoms with E-state index in [-0.39, 0.29) is 30.7 Å². The van der Waals surface area contributed by atoms with Crippen LogP contribution < -0.4 is 16.2 Å². The van der Waals surface area contributed by atoms with E-state index in [9.17, 15) is 14.4 Å². The smallest absolute Gasteiger partial charge is 0.279 e. The van der Waals surface area contributed by atoms with Gasteiger partial charge < -0.3 is 9.73 Å². The minimum Gasteiger partial charge on any atom is -0.472 e. The zero-order valence-corrected chi connectivity index (χ0v) is 13.7. The molecule has 0 aliphatic heterocycles. The van der Waals surface area contributed by atoms with Gasteiger partial charge in [0.05, 0.1) is 16.7 Å². The first kappa shape index (κ1) is 16.3. The maximum atomic E-state index is 12.0. The van der Waals surface area contributed by atoms with Crippen molar-refractivity contribution < 1.29 is 18.8 Å². The topological polar surface area (TPSA) is 100 Å². The Morgan fingerprint density at radius 2 is 2.04 bits per heavy atom. The molecular weight excluding hydrogens is 330 g/mol. The highest BCUT2D eigenvalue weighted by Crippen LogP contribution is 2.30. The minimum atomic E-state index is -0.375. The number of fused-ring (bicyclic) bond motifs is 1. The van der Waals surface area contributed by atoms with E-state index in [0.29, 0.717) is 10.4 Å². The van der Waals surface area contributed by atoms with Gasteiger partial charge in [-0.2, -0.15) is 0 Å². The normalized spacial score (nSPS) is 12.5. The summed E-state index contributed by atoms with van der Waals surface area (Å²) in [5, 5.41) is 2.59. The fourth-order valence-corrected chi connectivity index (χ4v) is 3.63. The van der Waals surface area contributed by atoms with Crippen LogP contribution in [0.4, 0.5) is 0 Å². The molecule has 0 bridgehead atoms. The lowest BCUT2D eigenvalue weighted by atomic mass is 10.2. The Kier molecular flexibility index (Phi) is 4.95. The van der Waals surface area contributed by atoms with Crippen LogP contribution in [0, 0.1) is 0 Å². The summed E-state index contributed by atoms with van der Waals surface area (Å²) in [7, 11) is 0. The Morgan fingerprint density at radius 3 is 2.79 bits per heavy atom. The van der Waals surface area contributed by atoms with Gasteiger partial charge >= 0.3 is 0 Å². The third kappa shape index (κ3) is 3.83. The van der Waals surface area contributed by atoms with Crippen LogP contribution in [0.5, 0.6) is 0 Å². The summed E-state index contributed by atoms with van der Waals surface area (Å²) in [5.41, 5.74) is 6.38. The molecular formula is C16H17N3O4S. The third-order valence-corrected chi connectivity index (χ3v) is 4.94. The van der Waals surface area contributed by atoms with Gasteiger partial charge in [0.25, 0.3) is 11.8 Å². The van der Waals surface area contributed by atoms with Crippen molar-refractivity contribution in [1.82, 2.24) is 16.2 Å². The molecule has 0 saturated carbocycles. The van der Waals surface area contributed by atoms with Gasteiger partial charge in [0.1, 0.15) is 6.26 Å². The number of thiophene rings is 1. The molecule has 3 N–H and O–H groups in total. The number of hydrogen-bond acceptors (Lipinski definition) is 5. The molecule has 0 radical (unpaired) electrons. The average Bonchev–Trinajstić information content (AvgIpc) is 3.27. The van der Waals surface area contributed by atoms with Crippen LogP contribution in [0.2, 0.25) is 0 Å². The molecule has 126 valence electrons. The molecule has 0 fully saturated rings. The predicted molar refractivity (Wildman–Crippen MR) is 87.6 cm³/mol. The highest BCUT2D eigenvalue weighted by atomic mass is 32.1. The molecule has 7 nitrogen and oxygen atoms in total. The van der Waals surface area contributed by atoms with Crippen LogP contribution in [0.1, 0.15) is 43.3 Å². The molecule has 0 aromatic carbocycles. The molecule has 3 rings (SSSR count). The van der Waals surface area contributed by atoms with Crippen molar-refractivity contribution in [1.29, 1.82) is 0 Å². The largest absolute Gasteiger partial charge is 0.472 e. The van der Waals surface area contributed by atoms with Crippen molar-refractivity contribution >= 4 is 29.1 Å². The van der Waals surface area contributed by atoms with Crippen molar-refractivity contribution in [2.24, 2.45) is 0 Å². The maximum Gasteiger partial charge on any atom is 0.279 e. The first-order valence-electron chi connectivity index (χ1n) is 7.64. The van der Waals surface area contributed by atoms with Gasteiger partial charge in [-0.05, 0) is 37.0 Å². The van der Waals surface area contributed by atoms with E-state index < -0.39 is 0 Å². The molecule has 1 aliphatic rings. The molecule has 24 heavy (non-hydrogen) atoms. The highest BCUT2D eigenvalue weighted by molar-refractivity contribution is 7.14. The van der Waals surface area contributed by atoms with Crippen molar-refractivity contribution in [3.8, 4) is 0 Å². The monoisotopic (exact) mass is 347 g/mol. The summed E-state index contributed by atoms with van der Waals surface area (Å²) < 4.78 is 4.81. The van der Waals surface area contributed by atoms with Crippen molar-refractivity contribution in [3.05, 3.63) is 45.5 Å². The van der Waals surface area contributed by atoms with E-state index >= 15 is 0 Å². The van der Waals surface area contributed by atoms with Gasteiger partial charge in [0.2, 0.25) is 5.91 Å². The molecule has 3 amide bonds. The molecule has 0 atom stereocenters. The predicted octanol–water partition coefficient (Wildman–Crippen LogP) is 1.41. The molecule has 2 heterocycles. The molecule has 2 aromatic rings. The Balaban J connectivity index is 1.37. The number of rotatable bonds is 5. The van der Waals surface area contributed by atoms with E-state index in [1.165, 1.54) is 40.4 Å². The number of carbonyl (C=O) groups is 3. The molecule has 8 heteroatoms. The van der Waals surface area contributed by atoms with Crippen LogP contribution >= 0.6 is 11.3 Å². The summed E-state index contributed by atoms with van der Waals surface area (Å²) in [6.45, 7) is 0.166. The highest BCUT2D eigenvalue weighted by Gasteiger charge is 2.18. The first-order valence-corrected chi connectivity index (χ1v) is 8.46. The van der Waals surface area contributed by atoms with Crippen LogP contribution in [0.3, 0.4) is 0 Å². The minimum absolute atomic E-state index is 0.0603. The molecule has 0 spiro atoms. The van der Waals surface area contributed by atoms with E-state index in [2.05, 4.69) is 16.2 Å². The third-order valence-electron chi connectivity index (χ3n) is 3.71. The summed E-state index contributed by atoms with van der Waals surface area (Å²) in [5.74, 6) is -1.00. The second-order valence-corrected chi connectivity index (χ2v) is 6.57. The van der Waals surface area contributed by atoms with Crippen molar-refractivity contribution in [2.75, 3.05) is 6.54 Å². The van der Waals surface area contributed by atoms with Gasteiger partial charge in [0, 0.05) is 17.8 Å². The van der Waals surface area contributed by atoms with Crippen LogP contribution in [-0.4, -0.2) is 24.3 Å². The number of hydrazine groups is 1. The Hall–Kier alpha value is -2.61. The van der Waals surface area contributed by atoms with Crippen LogP contribution in [0.25, 0.3) is 0 Å². The van der Waals surface area contributed by atoms with Gasteiger partial charge in [-0.15, -0.1) is 11.3 Å². The van der Waals surface area contributed by atoms with E-state index in [1.807, 2.05) is 6.07 Å². The van der Waals surface area contributed by atoms with Gasteiger partial charge in [-0.25, -0.2) is 0 Å². The van der Waals surface area contributed by atoms with E-state index in [1.54, 1.807) is 0 Å². The second-order valence-electron chi connectivity index (χ2n) is 5.43. The fraction of sp³-hybridized carbons (Fsp3) is 0.312. The van der Waals surface area contributed by atoms with Crippen molar-refractivity contribution in [2.45, 2.75) is 25.7 Å². The lowest BCUT2D eigenvalue weighted by Gasteiger charge is -2.07. The molecule has 0 saturated heterocycles.